The van der Waals surface area contributed by atoms with E-state index in [0.29, 0.717) is 0 Å². The molecule has 1 spiro atoms. The van der Waals surface area contributed by atoms with Crippen LogP contribution >= 0.6 is 0 Å². The first-order chi connectivity index (χ1) is 28.3. The van der Waals surface area contributed by atoms with Gasteiger partial charge in [0.05, 0.1) is 11.1 Å². The van der Waals surface area contributed by atoms with Crippen molar-refractivity contribution in [3.8, 4) is 33.8 Å². The van der Waals surface area contributed by atoms with E-state index in [4.69, 9.17) is 4.74 Å². The first kappa shape index (κ1) is 31.9. The molecule has 0 aromatic heterocycles. The second-order valence-electron chi connectivity index (χ2n) is 15.2. The molecule has 0 fully saturated rings. The van der Waals surface area contributed by atoms with Gasteiger partial charge in [-0.15, -0.1) is 0 Å². The fourth-order valence-electron chi connectivity index (χ4n) is 9.91. The molecule has 2 nitrogen and oxygen atoms in total. The number of benzene rings is 10. The summed E-state index contributed by atoms with van der Waals surface area (Å²) in [6, 6.07) is 77.4. The summed E-state index contributed by atoms with van der Waals surface area (Å²) in [4.78, 5) is 2.39. The lowest BCUT2D eigenvalue weighted by molar-refractivity contribution is 0.447. The second kappa shape index (κ2) is 12.3. The summed E-state index contributed by atoms with van der Waals surface area (Å²) in [5.41, 5.74) is 12.6. The van der Waals surface area contributed by atoms with Crippen molar-refractivity contribution >= 4 is 49.4 Å². The highest BCUT2D eigenvalue weighted by atomic mass is 16.5. The molecule has 0 N–H and O–H groups in total. The molecule has 10 aromatic carbocycles. The predicted octanol–water partition coefficient (Wildman–Crippen LogP) is 14.8. The average Bonchev–Trinajstić information content (AvgIpc) is 3.57. The molecular weight excluding hydrogens is 691 g/mol. The quantitative estimate of drug-likeness (QED) is 0.179. The van der Waals surface area contributed by atoms with Crippen LogP contribution in [0.5, 0.6) is 11.5 Å². The van der Waals surface area contributed by atoms with Gasteiger partial charge in [-0.3, -0.25) is 0 Å². The van der Waals surface area contributed by atoms with Crippen LogP contribution in [-0.2, 0) is 5.41 Å². The van der Waals surface area contributed by atoms with Crippen LogP contribution < -0.4 is 9.64 Å². The molecule has 2 aliphatic rings. The Morgan fingerprint density at radius 2 is 0.877 bits per heavy atom. The number of nitrogens with zero attached hydrogens (tertiary/aromatic N) is 1. The molecule has 1 aliphatic heterocycles. The highest BCUT2D eigenvalue weighted by Crippen LogP contribution is 2.65. The topological polar surface area (TPSA) is 12.5 Å². The van der Waals surface area contributed by atoms with Crippen LogP contribution in [-0.4, -0.2) is 0 Å². The largest absolute Gasteiger partial charge is 0.455 e. The molecule has 0 saturated heterocycles. The van der Waals surface area contributed by atoms with Gasteiger partial charge in [0.2, 0.25) is 0 Å². The lowest BCUT2D eigenvalue weighted by atomic mass is 9.65. The molecule has 0 radical (unpaired) electrons. The Labute approximate surface area is 331 Å². The molecule has 0 atom stereocenters. The van der Waals surface area contributed by atoms with Crippen molar-refractivity contribution in [3.63, 3.8) is 0 Å². The number of anilines is 3. The number of hydrogen-bond donors (Lipinski definition) is 0. The summed E-state index contributed by atoms with van der Waals surface area (Å²) < 4.78 is 7.19. The van der Waals surface area contributed by atoms with E-state index in [1.54, 1.807) is 0 Å². The number of rotatable bonds is 4. The molecule has 0 bridgehead atoms. The summed E-state index contributed by atoms with van der Waals surface area (Å²) in [5, 5.41) is 7.01. The van der Waals surface area contributed by atoms with Crippen LogP contribution in [0, 0.1) is 0 Å². The van der Waals surface area contributed by atoms with Crippen LogP contribution in [0.4, 0.5) is 17.1 Å². The van der Waals surface area contributed by atoms with E-state index in [9.17, 15) is 0 Å². The maximum absolute atomic E-state index is 7.19. The number of fused-ring (bicyclic) bond motifs is 14. The van der Waals surface area contributed by atoms with Gasteiger partial charge in [-0.25, -0.2) is 0 Å². The Bertz CT molecular complexity index is 3140. The maximum atomic E-state index is 7.19. The molecule has 2 heteroatoms. The first-order valence-corrected chi connectivity index (χ1v) is 19.7. The summed E-state index contributed by atoms with van der Waals surface area (Å²) >= 11 is 0. The molecule has 12 rings (SSSR count). The zero-order chi connectivity index (χ0) is 37.5. The fourth-order valence-corrected chi connectivity index (χ4v) is 9.91. The molecule has 0 unspecified atom stereocenters. The average molecular weight is 726 g/mol. The third-order valence-electron chi connectivity index (χ3n) is 12.3. The number of ether oxygens (including phenoxy) is 1. The van der Waals surface area contributed by atoms with Crippen LogP contribution in [0.2, 0.25) is 0 Å². The van der Waals surface area contributed by atoms with Gasteiger partial charge in [0, 0.05) is 38.7 Å². The van der Waals surface area contributed by atoms with Gasteiger partial charge in [0.15, 0.2) is 0 Å². The van der Waals surface area contributed by atoms with Gasteiger partial charge in [-0.2, -0.15) is 0 Å². The summed E-state index contributed by atoms with van der Waals surface area (Å²) in [6.45, 7) is 0. The molecule has 57 heavy (non-hydrogen) atoms. The zero-order valence-corrected chi connectivity index (χ0v) is 31.1. The van der Waals surface area contributed by atoms with Crippen LogP contribution in [0.1, 0.15) is 22.3 Å². The first-order valence-electron chi connectivity index (χ1n) is 19.7. The van der Waals surface area contributed by atoms with Crippen molar-refractivity contribution in [1.82, 2.24) is 0 Å². The van der Waals surface area contributed by atoms with Crippen molar-refractivity contribution in [3.05, 3.63) is 235 Å². The van der Waals surface area contributed by atoms with Gasteiger partial charge in [-0.05, 0) is 79.9 Å². The fraction of sp³-hybridized carbons (Fsp3) is 0.0182. The minimum absolute atomic E-state index is 0.602. The maximum Gasteiger partial charge on any atom is 0.140 e. The zero-order valence-electron chi connectivity index (χ0n) is 31.1. The normalized spacial score (nSPS) is 13.2. The highest BCUT2D eigenvalue weighted by molar-refractivity contribution is 6.03. The van der Waals surface area contributed by atoms with E-state index in [-0.39, 0.29) is 0 Å². The highest BCUT2D eigenvalue weighted by Gasteiger charge is 2.52. The van der Waals surface area contributed by atoms with Gasteiger partial charge >= 0.3 is 0 Å². The Hall–Kier alpha value is -7.42. The monoisotopic (exact) mass is 725 g/mol. The number of para-hydroxylation sites is 1. The van der Waals surface area contributed by atoms with Crippen LogP contribution in [0.15, 0.2) is 212 Å². The SMILES string of the molecule is c1ccc(N(c2cccc(-c3cccc4c3-c3ccccc3C43c4ccc5ccccc5c4Oc4c3ccc3ccccc43)c2)c2cccc3ccccc23)cc1. The Morgan fingerprint density at radius 1 is 0.351 bits per heavy atom. The van der Waals surface area contributed by atoms with E-state index in [1.165, 1.54) is 66.1 Å². The van der Waals surface area contributed by atoms with Gasteiger partial charge in [0.25, 0.3) is 0 Å². The third kappa shape index (κ3) is 4.53. The van der Waals surface area contributed by atoms with E-state index >= 15 is 0 Å². The molecular formula is C55H35NO. The standard InChI is InChI=1S/C55H35NO/c1-2-20-40(21-3-1)56(51-30-13-18-36-15-4-7-23-42(36)51)41-22-12-19-39(35-41)43-27-14-29-48-52(43)46-26-10-11-28-47(46)55(48)49-33-31-37-16-5-8-24-44(37)53(49)57-54-45-25-9-6-17-38(45)32-34-50(54)55/h1-35H. The lowest BCUT2D eigenvalue weighted by Crippen LogP contribution is -2.32. The number of hydrogen-bond acceptors (Lipinski definition) is 2. The molecule has 1 heterocycles. The lowest BCUT2D eigenvalue weighted by Gasteiger charge is -2.40. The van der Waals surface area contributed by atoms with Gasteiger partial charge in [0.1, 0.15) is 11.5 Å². The summed E-state index contributed by atoms with van der Waals surface area (Å²) in [5.74, 6) is 1.86. The van der Waals surface area contributed by atoms with Crippen molar-refractivity contribution in [1.29, 1.82) is 0 Å². The Morgan fingerprint density at radius 3 is 1.61 bits per heavy atom. The molecule has 10 aromatic rings. The summed E-state index contributed by atoms with van der Waals surface area (Å²) in [6.07, 6.45) is 0. The minimum Gasteiger partial charge on any atom is -0.455 e. The second-order valence-corrected chi connectivity index (χ2v) is 15.2. The predicted molar refractivity (Wildman–Crippen MR) is 236 cm³/mol. The molecule has 1 aliphatic carbocycles. The molecule has 0 saturated carbocycles. The van der Waals surface area contributed by atoms with Crippen LogP contribution in [0.3, 0.4) is 0 Å². The van der Waals surface area contributed by atoms with Crippen molar-refractivity contribution < 1.29 is 4.74 Å². The van der Waals surface area contributed by atoms with Crippen molar-refractivity contribution in [2.24, 2.45) is 0 Å². The van der Waals surface area contributed by atoms with E-state index < -0.39 is 5.41 Å². The van der Waals surface area contributed by atoms with Gasteiger partial charge < -0.3 is 9.64 Å². The van der Waals surface area contributed by atoms with Crippen molar-refractivity contribution in [2.75, 3.05) is 4.90 Å². The van der Waals surface area contributed by atoms with Crippen LogP contribution in [0.25, 0.3) is 54.6 Å². The van der Waals surface area contributed by atoms with Crippen molar-refractivity contribution in [2.45, 2.75) is 5.41 Å². The van der Waals surface area contributed by atoms with Gasteiger partial charge in [-0.1, -0.05) is 182 Å². The molecule has 0 amide bonds. The van der Waals surface area contributed by atoms with E-state index in [2.05, 4.69) is 217 Å². The van der Waals surface area contributed by atoms with E-state index in [1.807, 2.05) is 0 Å². The Balaban J connectivity index is 1.14. The van der Waals surface area contributed by atoms with E-state index in [0.717, 1.165) is 39.3 Å². The smallest absolute Gasteiger partial charge is 0.140 e. The molecule has 266 valence electrons. The third-order valence-corrected chi connectivity index (χ3v) is 12.3. The summed E-state index contributed by atoms with van der Waals surface area (Å²) in [7, 11) is 0. The Kier molecular flexibility index (Phi) is 6.88. The minimum atomic E-state index is -0.602.